The van der Waals surface area contributed by atoms with E-state index in [1.165, 1.54) is 7.11 Å². The van der Waals surface area contributed by atoms with E-state index in [9.17, 15) is 9.59 Å². The molecule has 7 heteroatoms. The molecule has 106 valence electrons. The predicted octanol–water partition coefficient (Wildman–Crippen LogP) is 0.765. The van der Waals surface area contributed by atoms with Crippen LogP contribution < -0.4 is 5.32 Å². The zero-order chi connectivity index (χ0) is 14.4. The van der Waals surface area contributed by atoms with E-state index in [4.69, 9.17) is 14.4 Å². The number of rotatable bonds is 7. The normalized spacial score (nSPS) is 12.2. The topological polar surface area (TPSA) is 102 Å². The molecule has 1 amide bonds. The van der Waals surface area contributed by atoms with Crippen LogP contribution in [0, 0.1) is 6.92 Å². The lowest BCUT2D eigenvalue weighted by Gasteiger charge is -2.13. The molecule has 2 N–H and O–H groups in total. The van der Waals surface area contributed by atoms with Gasteiger partial charge in [-0.25, -0.2) is 4.79 Å². The van der Waals surface area contributed by atoms with Crippen molar-refractivity contribution in [2.75, 3.05) is 13.7 Å². The van der Waals surface area contributed by atoms with Gasteiger partial charge in [0, 0.05) is 20.1 Å². The largest absolute Gasteiger partial charge is 0.480 e. The molecule has 1 unspecified atom stereocenters. The third kappa shape index (κ3) is 3.78. The molecular formula is C12H18N2O5. The van der Waals surface area contributed by atoms with Crippen LogP contribution in [0.15, 0.2) is 4.52 Å². The second-order valence-corrected chi connectivity index (χ2v) is 4.06. The van der Waals surface area contributed by atoms with Gasteiger partial charge in [-0.3, -0.25) is 4.79 Å². The first-order valence-corrected chi connectivity index (χ1v) is 5.99. The Morgan fingerprint density at radius 3 is 2.74 bits per heavy atom. The molecule has 0 bridgehead atoms. The van der Waals surface area contributed by atoms with Gasteiger partial charge in [-0.1, -0.05) is 12.1 Å². The minimum Gasteiger partial charge on any atom is -0.480 e. The van der Waals surface area contributed by atoms with Crippen LogP contribution >= 0.6 is 0 Å². The highest BCUT2D eigenvalue weighted by Gasteiger charge is 2.25. The van der Waals surface area contributed by atoms with Crippen LogP contribution in [0.2, 0.25) is 0 Å². The summed E-state index contributed by atoms with van der Waals surface area (Å²) >= 11 is 0. The number of nitrogens with zero attached hydrogens (tertiary/aromatic N) is 1. The van der Waals surface area contributed by atoms with Crippen molar-refractivity contribution < 1.29 is 24.0 Å². The smallest absolute Gasteiger partial charge is 0.326 e. The van der Waals surface area contributed by atoms with Crippen molar-refractivity contribution in [2.45, 2.75) is 32.7 Å². The minimum absolute atomic E-state index is 0.198. The van der Waals surface area contributed by atoms with E-state index in [1.54, 1.807) is 6.92 Å². The standard InChI is InChI=1S/C12H18N2O5/c1-4-8-10(7(2)19-14-8)11(15)13-9(12(16)17)5-6-18-3/h9H,4-6H2,1-3H3,(H,13,15)(H,16,17). The van der Waals surface area contributed by atoms with Gasteiger partial charge in [0.1, 0.15) is 17.4 Å². The van der Waals surface area contributed by atoms with Gasteiger partial charge in [0.25, 0.3) is 5.91 Å². The van der Waals surface area contributed by atoms with Gasteiger partial charge in [-0.2, -0.15) is 0 Å². The number of carboxylic acid groups (broad SMARTS) is 1. The van der Waals surface area contributed by atoms with E-state index in [-0.39, 0.29) is 13.0 Å². The second kappa shape index (κ2) is 6.89. The van der Waals surface area contributed by atoms with Crippen molar-refractivity contribution in [1.29, 1.82) is 0 Å². The number of carboxylic acids is 1. The van der Waals surface area contributed by atoms with Gasteiger partial charge in [0.15, 0.2) is 0 Å². The quantitative estimate of drug-likeness (QED) is 0.758. The third-order valence-corrected chi connectivity index (χ3v) is 2.71. The number of hydrogen-bond donors (Lipinski definition) is 2. The van der Waals surface area contributed by atoms with Crippen molar-refractivity contribution in [2.24, 2.45) is 0 Å². The highest BCUT2D eigenvalue weighted by molar-refractivity contribution is 5.98. The molecule has 0 aliphatic rings. The highest BCUT2D eigenvalue weighted by atomic mass is 16.5. The molecule has 1 rings (SSSR count). The van der Waals surface area contributed by atoms with Crippen LogP contribution in [0.5, 0.6) is 0 Å². The SMILES string of the molecule is CCc1noc(C)c1C(=O)NC(CCOC)C(=O)O. The first-order valence-electron chi connectivity index (χ1n) is 5.99. The molecule has 0 aliphatic heterocycles. The summed E-state index contributed by atoms with van der Waals surface area (Å²) in [5, 5.41) is 15.2. The number of carbonyl (C=O) groups is 2. The Bertz CT molecular complexity index is 455. The summed E-state index contributed by atoms with van der Waals surface area (Å²) in [6.07, 6.45) is 0.735. The number of ether oxygens (including phenoxy) is 1. The number of aromatic nitrogens is 1. The van der Waals surface area contributed by atoms with Crippen LogP contribution in [-0.2, 0) is 16.0 Å². The van der Waals surface area contributed by atoms with E-state index in [2.05, 4.69) is 10.5 Å². The van der Waals surface area contributed by atoms with Crippen LogP contribution in [-0.4, -0.2) is 41.9 Å². The monoisotopic (exact) mass is 270 g/mol. The molecule has 0 spiro atoms. The molecule has 0 saturated carbocycles. The average Bonchev–Trinajstić information content (AvgIpc) is 2.75. The third-order valence-electron chi connectivity index (χ3n) is 2.71. The van der Waals surface area contributed by atoms with Crippen LogP contribution in [0.25, 0.3) is 0 Å². The molecule has 1 aromatic rings. The Balaban J connectivity index is 2.81. The molecule has 7 nitrogen and oxygen atoms in total. The Morgan fingerprint density at radius 1 is 1.53 bits per heavy atom. The fourth-order valence-electron chi connectivity index (χ4n) is 1.67. The number of amides is 1. The van der Waals surface area contributed by atoms with E-state index >= 15 is 0 Å². The molecular weight excluding hydrogens is 252 g/mol. The number of nitrogens with one attached hydrogen (secondary N) is 1. The molecule has 0 aliphatic carbocycles. The summed E-state index contributed by atoms with van der Waals surface area (Å²) in [6.45, 7) is 3.71. The fourth-order valence-corrected chi connectivity index (χ4v) is 1.67. The molecule has 0 aromatic carbocycles. The summed E-state index contributed by atoms with van der Waals surface area (Å²) in [5.41, 5.74) is 0.831. The zero-order valence-corrected chi connectivity index (χ0v) is 11.2. The molecule has 19 heavy (non-hydrogen) atoms. The summed E-state index contributed by atoms with van der Waals surface area (Å²) in [6, 6.07) is -0.994. The van der Waals surface area contributed by atoms with E-state index in [1.807, 2.05) is 6.92 Å². The summed E-state index contributed by atoms with van der Waals surface area (Å²) in [7, 11) is 1.47. The van der Waals surface area contributed by atoms with E-state index in [0.717, 1.165) is 0 Å². The van der Waals surface area contributed by atoms with Crippen LogP contribution in [0.4, 0.5) is 0 Å². The Morgan fingerprint density at radius 2 is 2.21 bits per heavy atom. The van der Waals surface area contributed by atoms with Crippen molar-refractivity contribution in [1.82, 2.24) is 10.5 Å². The number of aryl methyl sites for hydroxylation is 2. The van der Waals surface area contributed by atoms with Crippen molar-refractivity contribution in [3.05, 3.63) is 17.0 Å². The number of carbonyl (C=O) groups excluding carboxylic acids is 1. The average molecular weight is 270 g/mol. The van der Waals surface area contributed by atoms with Crippen molar-refractivity contribution in [3.8, 4) is 0 Å². The number of aliphatic carboxylic acids is 1. The lowest BCUT2D eigenvalue weighted by Crippen LogP contribution is -2.41. The Hall–Kier alpha value is -1.89. The fraction of sp³-hybridized carbons (Fsp3) is 0.583. The van der Waals surface area contributed by atoms with Gasteiger partial charge in [0.2, 0.25) is 0 Å². The van der Waals surface area contributed by atoms with Gasteiger partial charge in [-0.15, -0.1) is 0 Å². The van der Waals surface area contributed by atoms with Crippen LogP contribution in [0.1, 0.15) is 35.2 Å². The van der Waals surface area contributed by atoms with E-state index in [0.29, 0.717) is 23.4 Å². The first kappa shape index (κ1) is 15.2. The minimum atomic E-state index is -1.10. The van der Waals surface area contributed by atoms with Gasteiger partial charge < -0.3 is 19.7 Å². The maximum absolute atomic E-state index is 12.1. The molecule has 0 saturated heterocycles. The van der Waals surface area contributed by atoms with Gasteiger partial charge >= 0.3 is 5.97 Å². The lowest BCUT2D eigenvalue weighted by atomic mass is 10.1. The summed E-state index contributed by atoms with van der Waals surface area (Å²) in [4.78, 5) is 23.1. The number of hydrogen-bond acceptors (Lipinski definition) is 5. The van der Waals surface area contributed by atoms with Gasteiger partial charge in [0.05, 0.1) is 5.69 Å². The second-order valence-electron chi connectivity index (χ2n) is 4.06. The first-order chi connectivity index (χ1) is 9.01. The van der Waals surface area contributed by atoms with Crippen molar-refractivity contribution >= 4 is 11.9 Å². The molecule has 1 atom stereocenters. The lowest BCUT2D eigenvalue weighted by molar-refractivity contribution is -0.139. The summed E-state index contributed by atoms with van der Waals surface area (Å²) < 4.78 is 9.77. The molecule has 0 radical (unpaired) electrons. The van der Waals surface area contributed by atoms with E-state index < -0.39 is 17.9 Å². The van der Waals surface area contributed by atoms with Gasteiger partial charge in [-0.05, 0) is 13.3 Å². The van der Waals surface area contributed by atoms with Crippen molar-refractivity contribution in [3.63, 3.8) is 0 Å². The number of methoxy groups -OCH3 is 1. The zero-order valence-electron chi connectivity index (χ0n) is 11.2. The Labute approximate surface area is 110 Å². The highest BCUT2D eigenvalue weighted by Crippen LogP contribution is 2.14. The molecule has 1 heterocycles. The van der Waals surface area contributed by atoms with Crippen LogP contribution in [0.3, 0.4) is 0 Å². The maximum Gasteiger partial charge on any atom is 0.326 e. The Kier molecular flexibility index (Phi) is 5.50. The molecule has 1 aromatic heterocycles. The summed E-state index contributed by atoms with van der Waals surface area (Å²) in [5.74, 6) is -1.21. The predicted molar refractivity (Wildman–Crippen MR) is 66.0 cm³/mol. The maximum atomic E-state index is 12.1. The molecule has 0 fully saturated rings.